The predicted molar refractivity (Wildman–Crippen MR) is 126 cm³/mol. The van der Waals surface area contributed by atoms with Gasteiger partial charge in [0.2, 0.25) is 0 Å². The summed E-state index contributed by atoms with van der Waals surface area (Å²) in [6.45, 7) is 8.48. The lowest BCUT2D eigenvalue weighted by Gasteiger charge is -2.12. The summed E-state index contributed by atoms with van der Waals surface area (Å²) in [5.74, 6) is -0.796. The first kappa shape index (κ1) is 20.9. The number of aromatic hydroxyl groups is 1. The van der Waals surface area contributed by atoms with Crippen LogP contribution in [0.4, 0.5) is 0 Å². The molecule has 0 saturated heterocycles. The highest BCUT2D eigenvalue weighted by atomic mass is 35.5. The van der Waals surface area contributed by atoms with Gasteiger partial charge >= 0.3 is 0 Å². The average Bonchev–Trinajstić information content (AvgIpc) is 3.22. The highest BCUT2D eigenvalue weighted by molar-refractivity contribution is 6.36. The number of fused-ring (bicyclic) bond motifs is 5. The van der Waals surface area contributed by atoms with Gasteiger partial charge < -0.3 is 9.67 Å². The monoisotopic (exact) mass is 434 g/mol. The Balaban J connectivity index is 2.24. The molecule has 2 aromatic carbocycles. The molecule has 0 unspecified atom stereocenters. The number of allylic oxidation sites excluding steroid dienone is 5. The van der Waals surface area contributed by atoms with Crippen molar-refractivity contribution in [1.29, 1.82) is 0 Å². The quantitative estimate of drug-likeness (QED) is 0.375. The zero-order chi connectivity index (χ0) is 22.3. The zero-order valence-corrected chi connectivity index (χ0v) is 18.2. The van der Waals surface area contributed by atoms with Gasteiger partial charge in [-0.15, -0.1) is 0 Å². The van der Waals surface area contributed by atoms with E-state index in [0.717, 1.165) is 35.8 Å². The third-order valence-electron chi connectivity index (χ3n) is 5.61. The molecule has 31 heavy (non-hydrogen) atoms. The minimum atomic E-state index is -0.456. The summed E-state index contributed by atoms with van der Waals surface area (Å²) >= 11 is 6.46. The van der Waals surface area contributed by atoms with Crippen LogP contribution in [0, 0.1) is 0 Å². The standard InChI is InChI=1S/C25H23ClN2O3/c1-4-7-11-28-19-10-9-14(29)12-17(19)21-20(28)13-16(15(8-5-2)18(26)6-3)22-23(21)25(31)27-24(22)30/h5-6,8-10,12-13,29H,3-4,7,11H2,1-2H3,(H,27,30,31)/b8-5-,18-15-. The molecule has 2 amide bonds. The molecule has 2 heterocycles. The average molecular weight is 435 g/mol. The lowest BCUT2D eigenvalue weighted by molar-refractivity contribution is 0.0880. The van der Waals surface area contributed by atoms with E-state index < -0.39 is 11.8 Å². The van der Waals surface area contributed by atoms with Gasteiger partial charge in [-0.05, 0) is 43.2 Å². The van der Waals surface area contributed by atoms with Crippen molar-refractivity contribution in [3.8, 4) is 5.75 Å². The number of unbranched alkanes of at least 4 members (excludes halogenated alkanes) is 1. The van der Waals surface area contributed by atoms with Gasteiger partial charge in [0.25, 0.3) is 11.8 Å². The molecule has 0 spiro atoms. The highest BCUT2D eigenvalue weighted by Gasteiger charge is 2.35. The Kier molecular flexibility index (Phi) is 5.46. The number of benzene rings is 2. The molecule has 6 heteroatoms. The van der Waals surface area contributed by atoms with Crippen molar-refractivity contribution in [2.75, 3.05) is 0 Å². The van der Waals surface area contributed by atoms with Crippen LogP contribution in [0.3, 0.4) is 0 Å². The molecule has 0 saturated carbocycles. The second-order valence-electron chi connectivity index (χ2n) is 7.52. The van der Waals surface area contributed by atoms with E-state index in [1.165, 1.54) is 6.08 Å². The fourth-order valence-corrected chi connectivity index (χ4v) is 4.44. The lowest BCUT2D eigenvalue weighted by atomic mass is 9.92. The van der Waals surface area contributed by atoms with Gasteiger partial charge in [-0.25, -0.2) is 0 Å². The topological polar surface area (TPSA) is 71.3 Å². The maximum absolute atomic E-state index is 12.9. The summed E-state index contributed by atoms with van der Waals surface area (Å²) in [7, 11) is 0. The number of imide groups is 1. The fourth-order valence-electron chi connectivity index (χ4n) is 4.28. The van der Waals surface area contributed by atoms with Crippen LogP contribution in [0.2, 0.25) is 0 Å². The third-order valence-corrected chi connectivity index (χ3v) is 5.97. The maximum atomic E-state index is 12.9. The number of nitrogens with zero attached hydrogens (tertiary/aromatic N) is 1. The van der Waals surface area contributed by atoms with Gasteiger partial charge in [-0.2, -0.15) is 0 Å². The van der Waals surface area contributed by atoms with Crippen molar-refractivity contribution >= 4 is 50.8 Å². The Bertz CT molecular complexity index is 1330. The van der Waals surface area contributed by atoms with Crippen molar-refractivity contribution in [2.24, 2.45) is 0 Å². The van der Waals surface area contributed by atoms with Crippen LogP contribution in [0.15, 0.2) is 54.1 Å². The normalized spacial score (nSPS) is 14.4. The second-order valence-corrected chi connectivity index (χ2v) is 7.93. The van der Waals surface area contributed by atoms with E-state index in [0.29, 0.717) is 32.7 Å². The number of carbonyl (C=O) groups is 2. The van der Waals surface area contributed by atoms with Crippen molar-refractivity contribution in [2.45, 2.75) is 33.2 Å². The van der Waals surface area contributed by atoms with Crippen molar-refractivity contribution in [1.82, 2.24) is 9.88 Å². The number of phenols is 1. The fraction of sp³-hybridized carbons (Fsp3) is 0.200. The van der Waals surface area contributed by atoms with E-state index in [9.17, 15) is 14.7 Å². The van der Waals surface area contributed by atoms with Gasteiger partial charge in [0.15, 0.2) is 0 Å². The molecule has 4 rings (SSSR count). The molecule has 0 bridgehead atoms. The molecule has 0 aliphatic carbocycles. The van der Waals surface area contributed by atoms with E-state index in [1.54, 1.807) is 12.1 Å². The van der Waals surface area contributed by atoms with Gasteiger partial charge in [-0.3, -0.25) is 14.9 Å². The first-order chi connectivity index (χ1) is 14.9. The summed E-state index contributed by atoms with van der Waals surface area (Å²) < 4.78 is 2.14. The predicted octanol–water partition coefficient (Wildman–Crippen LogP) is 5.90. The lowest BCUT2D eigenvalue weighted by Crippen LogP contribution is -2.20. The van der Waals surface area contributed by atoms with E-state index in [2.05, 4.69) is 23.4 Å². The van der Waals surface area contributed by atoms with Crippen LogP contribution < -0.4 is 5.32 Å². The SMILES string of the molecule is C=C/C(Cl)=C(\C=C/C)c1cc2c(c3c1C(=O)NC3=O)c1cc(O)ccc1n2CCCC. The summed E-state index contributed by atoms with van der Waals surface area (Å²) in [6.07, 6.45) is 7.11. The number of halogens is 1. The molecule has 1 aliphatic heterocycles. The van der Waals surface area contributed by atoms with Crippen LogP contribution >= 0.6 is 11.6 Å². The highest BCUT2D eigenvalue weighted by Crippen LogP contribution is 2.41. The van der Waals surface area contributed by atoms with E-state index in [1.807, 2.05) is 31.2 Å². The molecule has 2 N–H and O–H groups in total. The molecule has 3 aromatic rings. The number of carbonyl (C=O) groups excluding carboxylic acids is 2. The number of hydrogen-bond donors (Lipinski definition) is 2. The molecule has 0 atom stereocenters. The van der Waals surface area contributed by atoms with Crippen LogP contribution in [0.25, 0.3) is 27.4 Å². The Hall–Kier alpha value is -3.31. The molecule has 1 aromatic heterocycles. The number of nitrogens with one attached hydrogen (secondary N) is 1. The van der Waals surface area contributed by atoms with Crippen LogP contribution in [0.5, 0.6) is 5.75 Å². The summed E-state index contributed by atoms with van der Waals surface area (Å²) in [5.41, 5.74) is 3.54. The van der Waals surface area contributed by atoms with E-state index >= 15 is 0 Å². The Morgan fingerprint density at radius 2 is 1.94 bits per heavy atom. The zero-order valence-electron chi connectivity index (χ0n) is 17.5. The van der Waals surface area contributed by atoms with Crippen LogP contribution in [-0.4, -0.2) is 21.5 Å². The Morgan fingerprint density at radius 1 is 1.19 bits per heavy atom. The summed E-state index contributed by atoms with van der Waals surface area (Å²) in [6, 6.07) is 7.05. The minimum absolute atomic E-state index is 0.105. The van der Waals surface area contributed by atoms with Crippen LogP contribution in [-0.2, 0) is 6.54 Å². The number of aromatic nitrogens is 1. The molecule has 0 radical (unpaired) electrons. The summed E-state index contributed by atoms with van der Waals surface area (Å²) in [4.78, 5) is 25.8. The smallest absolute Gasteiger partial charge is 0.259 e. The van der Waals surface area contributed by atoms with Gasteiger partial charge in [0.1, 0.15) is 5.75 Å². The van der Waals surface area contributed by atoms with E-state index in [-0.39, 0.29) is 5.75 Å². The van der Waals surface area contributed by atoms with Gasteiger partial charge in [0.05, 0.1) is 16.6 Å². The molecule has 1 aliphatic rings. The number of hydrogen-bond acceptors (Lipinski definition) is 3. The van der Waals surface area contributed by atoms with Gasteiger partial charge in [0, 0.05) is 33.4 Å². The van der Waals surface area contributed by atoms with Gasteiger partial charge in [-0.1, -0.05) is 49.8 Å². The van der Waals surface area contributed by atoms with E-state index in [4.69, 9.17) is 11.6 Å². The summed E-state index contributed by atoms with van der Waals surface area (Å²) in [5, 5.41) is 14.4. The van der Waals surface area contributed by atoms with Crippen molar-refractivity contribution < 1.29 is 14.7 Å². The third kappa shape index (κ3) is 3.26. The molecule has 158 valence electrons. The first-order valence-electron chi connectivity index (χ1n) is 10.3. The maximum Gasteiger partial charge on any atom is 0.259 e. The molecular weight excluding hydrogens is 412 g/mol. The van der Waals surface area contributed by atoms with Crippen molar-refractivity contribution in [3.63, 3.8) is 0 Å². The second kappa shape index (κ2) is 8.08. The van der Waals surface area contributed by atoms with Crippen molar-refractivity contribution in [3.05, 3.63) is 70.8 Å². The largest absolute Gasteiger partial charge is 0.508 e. The molecular formula is C25H23ClN2O3. The molecule has 5 nitrogen and oxygen atoms in total. The number of amides is 2. The number of aryl methyl sites for hydroxylation is 1. The minimum Gasteiger partial charge on any atom is -0.508 e. The first-order valence-corrected chi connectivity index (χ1v) is 10.6. The number of phenolic OH excluding ortho intramolecular Hbond substituents is 1. The Labute approximate surface area is 185 Å². The molecule has 0 fully saturated rings. The number of rotatable bonds is 6. The van der Waals surface area contributed by atoms with Crippen LogP contribution in [0.1, 0.15) is 53.0 Å². The Morgan fingerprint density at radius 3 is 2.61 bits per heavy atom.